The van der Waals surface area contributed by atoms with Gasteiger partial charge in [0.05, 0.1) is 39.3 Å². The molecule has 0 aliphatic rings. The van der Waals surface area contributed by atoms with Crippen LogP contribution in [0, 0.1) is 0 Å². The minimum Gasteiger partial charge on any atom is -0.437 e. The first-order valence-electron chi connectivity index (χ1n) is 16.2. The topological polar surface area (TPSA) is 74.6 Å². The number of benzene rings is 6. The van der Waals surface area contributed by atoms with Crippen LogP contribution in [-0.4, -0.2) is 29.1 Å². The molecular formula is C42H24N6O. The van der Waals surface area contributed by atoms with Crippen molar-refractivity contribution in [3.05, 3.63) is 146 Å². The molecule has 0 spiro atoms. The highest BCUT2D eigenvalue weighted by molar-refractivity contribution is 6.26. The van der Waals surface area contributed by atoms with Gasteiger partial charge in [0.15, 0.2) is 5.82 Å². The van der Waals surface area contributed by atoms with E-state index >= 15 is 0 Å². The van der Waals surface area contributed by atoms with Crippen LogP contribution < -0.4 is 0 Å². The molecular weight excluding hydrogens is 605 g/mol. The summed E-state index contributed by atoms with van der Waals surface area (Å²) in [6.07, 6.45) is 5.27. The van der Waals surface area contributed by atoms with Crippen LogP contribution in [0.1, 0.15) is 0 Å². The van der Waals surface area contributed by atoms with Crippen LogP contribution in [0.5, 0.6) is 0 Å². The Kier molecular flexibility index (Phi) is 5.26. The predicted octanol–water partition coefficient (Wildman–Crippen LogP) is 10.2. The molecule has 6 aromatic carbocycles. The average Bonchev–Trinajstić information content (AvgIpc) is 3.82. The van der Waals surface area contributed by atoms with Gasteiger partial charge in [0.25, 0.3) is 0 Å². The Bertz CT molecular complexity index is 3110. The Morgan fingerprint density at radius 3 is 2.10 bits per heavy atom. The summed E-state index contributed by atoms with van der Waals surface area (Å²) in [5, 5.41) is 8.65. The minimum atomic E-state index is 0.544. The molecule has 0 saturated carbocycles. The Balaban J connectivity index is 1.31. The molecule has 0 fully saturated rings. The highest BCUT2D eigenvalue weighted by atomic mass is 16.3. The second kappa shape index (κ2) is 9.82. The quantitative estimate of drug-likeness (QED) is 0.195. The zero-order chi connectivity index (χ0) is 32.1. The van der Waals surface area contributed by atoms with Crippen LogP contribution >= 0.6 is 0 Å². The van der Waals surface area contributed by atoms with Crippen LogP contribution in [0.2, 0.25) is 0 Å². The molecule has 7 nitrogen and oxygen atoms in total. The number of furan rings is 1. The number of hydrogen-bond donors (Lipinski definition) is 0. The molecule has 0 aliphatic heterocycles. The maximum atomic E-state index is 6.49. The van der Waals surface area contributed by atoms with Crippen LogP contribution in [0.25, 0.3) is 99.5 Å². The summed E-state index contributed by atoms with van der Waals surface area (Å²) in [6, 6.07) is 44.3. The first-order valence-corrected chi connectivity index (χ1v) is 16.2. The van der Waals surface area contributed by atoms with E-state index in [1.54, 1.807) is 12.4 Å². The lowest BCUT2D eigenvalue weighted by molar-refractivity contribution is 0.651. The molecule has 228 valence electrons. The molecule has 0 N–H and O–H groups in total. The van der Waals surface area contributed by atoms with Gasteiger partial charge >= 0.3 is 0 Å². The van der Waals surface area contributed by atoms with E-state index in [2.05, 4.69) is 123 Å². The van der Waals surface area contributed by atoms with E-state index in [-0.39, 0.29) is 0 Å². The molecule has 0 saturated heterocycles. The molecule has 49 heavy (non-hydrogen) atoms. The van der Waals surface area contributed by atoms with Gasteiger partial charge in [0, 0.05) is 44.9 Å². The Hall–Kier alpha value is -6.86. The number of rotatable bonds is 3. The van der Waals surface area contributed by atoms with Crippen molar-refractivity contribution < 1.29 is 4.42 Å². The lowest BCUT2D eigenvalue weighted by Crippen LogP contribution is -2.03. The lowest BCUT2D eigenvalue weighted by atomic mass is 9.99. The zero-order valence-corrected chi connectivity index (χ0v) is 25.9. The van der Waals surface area contributed by atoms with Gasteiger partial charge < -0.3 is 4.42 Å². The number of fused-ring (bicyclic) bond motifs is 11. The third kappa shape index (κ3) is 3.61. The molecule has 0 radical (unpaired) electrons. The second-order valence-electron chi connectivity index (χ2n) is 12.3. The average molecular weight is 629 g/mol. The third-order valence-electron chi connectivity index (χ3n) is 9.72. The van der Waals surface area contributed by atoms with Gasteiger partial charge in [-0.25, -0.2) is 9.97 Å². The Labute approximate surface area is 278 Å². The number of nitrogens with zero attached hydrogens (tertiary/aromatic N) is 6. The minimum absolute atomic E-state index is 0.544. The van der Waals surface area contributed by atoms with Gasteiger partial charge in [0.1, 0.15) is 5.58 Å². The molecule has 0 atom stereocenters. The fourth-order valence-electron chi connectivity index (χ4n) is 7.71. The SMILES string of the molecule is c1ccc2c(-c3nc(-n4c5ccccc5c5c4ccc4c6ccccc6n(-c6cnccn6)c45)nc4oc5ccccc5c34)cccc2c1. The number of para-hydroxylation sites is 3. The molecule has 0 amide bonds. The fraction of sp³-hybridized carbons (Fsp3) is 0. The first kappa shape index (κ1) is 26.2. The van der Waals surface area contributed by atoms with E-state index in [1.165, 1.54) is 0 Å². The first-order chi connectivity index (χ1) is 24.3. The van der Waals surface area contributed by atoms with Gasteiger partial charge in [-0.2, -0.15) is 4.98 Å². The maximum Gasteiger partial charge on any atom is 0.238 e. The maximum absolute atomic E-state index is 6.49. The van der Waals surface area contributed by atoms with E-state index in [9.17, 15) is 0 Å². The summed E-state index contributed by atoms with van der Waals surface area (Å²) in [4.78, 5) is 19.8. The van der Waals surface area contributed by atoms with Gasteiger partial charge in [-0.15, -0.1) is 0 Å². The third-order valence-corrected chi connectivity index (χ3v) is 9.72. The summed E-state index contributed by atoms with van der Waals surface area (Å²) >= 11 is 0. The van der Waals surface area contributed by atoms with Crippen LogP contribution in [0.15, 0.2) is 150 Å². The summed E-state index contributed by atoms with van der Waals surface area (Å²) in [5.41, 5.74) is 7.32. The molecule has 0 aliphatic carbocycles. The van der Waals surface area contributed by atoms with Gasteiger partial charge in [-0.3, -0.25) is 14.1 Å². The van der Waals surface area contributed by atoms with Crippen LogP contribution in [-0.2, 0) is 0 Å². The van der Waals surface area contributed by atoms with Crippen molar-refractivity contribution in [1.29, 1.82) is 0 Å². The normalized spacial score (nSPS) is 12.1. The van der Waals surface area contributed by atoms with Crippen molar-refractivity contribution in [2.75, 3.05) is 0 Å². The number of hydrogen-bond acceptors (Lipinski definition) is 5. The van der Waals surface area contributed by atoms with Gasteiger partial charge in [0.2, 0.25) is 11.7 Å². The fourth-order valence-corrected chi connectivity index (χ4v) is 7.71. The van der Waals surface area contributed by atoms with Crippen molar-refractivity contribution >= 4 is 76.5 Å². The summed E-state index contributed by atoms with van der Waals surface area (Å²) in [6.45, 7) is 0. The largest absolute Gasteiger partial charge is 0.437 e. The van der Waals surface area contributed by atoms with Gasteiger partial charge in [-0.05, 0) is 35.0 Å². The lowest BCUT2D eigenvalue weighted by Gasteiger charge is -2.11. The van der Waals surface area contributed by atoms with Crippen molar-refractivity contribution in [2.24, 2.45) is 0 Å². The van der Waals surface area contributed by atoms with Crippen molar-refractivity contribution in [1.82, 2.24) is 29.1 Å². The monoisotopic (exact) mass is 628 g/mol. The highest BCUT2D eigenvalue weighted by Gasteiger charge is 2.24. The zero-order valence-electron chi connectivity index (χ0n) is 25.9. The van der Waals surface area contributed by atoms with E-state index in [0.717, 1.165) is 87.8 Å². The molecule has 7 heteroatoms. The highest BCUT2D eigenvalue weighted by Crippen LogP contribution is 2.43. The number of aromatic nitrogens is 6. The van der Waals surface area contributed by atoms with E-state index in [4.69, 9.17) is 19.4 Å². The molecule has 11 rings (SSSR count). The van der Waals surface area contributed by atoms with E-state index < -0.39 is 0 Å². The second-order valence-corrected chi connectivity index (χ2v) is 12.3. The molecule has 0 unspecified atom stereocenters. The van der Waals surface area contributed by atoms with Crippen molar-refractivity contribution in [3.63, 3.8) is 0 Å². The molecule has 11 aromatic rings. The molecule has 5 heterocycles. The van der Waals surface area contributed by atoms with E-state index in [1.807, 2.05) is 24.4 Å². The van der Waals surface area contributed by atoms with Crippen molar-refractivity contribution in [2.45, 2.75) is 0 Å². The Morgan fingerprint density at radius 2 is 1.24 bits per heavy atom. The predicted molar refractivity (Wildman–Crippen MR) is 197 cm³/mol. The van der Waals surface area contributed by atoms with Gasteiger partial charge in [-0.1, -0.05) is 103 Å². The van der Waals surface area contributed by atoms with Crippen LogP contribution in [0.3, 0.4) is 0 Å². The Morgan fingerprint density at radius 1 is 0.510 bits per heavy atom. The molecule has 0 bridgehead atoms. The van der Waals surface area contributed by atoms with E-state index in [0.29, 0.717) is 11.7 Å². The standard InChI is InChI=1S/C42H24N6O/c1-2-12-26-25(10-1)11-9-16-28(26)39-38-31-15-5-8-19-35(31)49-41(38)46-42(45-39)47-33-18-7-4-14-30(33)37-34(47)21-20-29-27-13-3-6-17-32(27)48(40(29)37)36-24-43-22-23-44-36/h1-24H. The summed E-state index contributed by atoms with van der Waals surface area (Å²) in [7, 11) is 0. The molecule has 5 aromatic heterocycles. The summed E-state index contributed by atoms with van der Waals surface area (Å²) in [5.74, 6) is 1.30. The summed E-state index contributed by atoms with van der Waals surface area (Å²) < 4.78 is 10.9. The van der Waals surface area contributed by atoms with Crippen molar-refractivity contribution in [3.8, 4) is 23.0 Å². The van der Waals surface area contributed by atoms with Crippen LogP contribution in [0.4, 0.5) is 0 Å². The smallest absolute Gasteiger partial charge is 0.238 e.